The number of nitrogens with zero attached hydrogens (tertiary/aromatic N) is 7. The first-order chi connectivity index (χ1) is 18.5. The van der Waals surface area contributed by atoms with Gasteiger partial charge in [0.05, 0.1) is 17.6 Å². The number of fused-ring (bicyclic) bond motifs is 3. The number of H-pyrrole nitrogens is 1. The van der Waals surface area contributed by atoms with Crippen molar-refractivity contribution in [3.63, 3.8) is 0 Å². The van der Waals surface area contributed by atoms with Crippen molar-refractivity contribution in [2.24, 2.45) is 0 Å². The molecule has 3 atom stereocenters. The summed E-state index contributed by atoms with van der Waals surface area (Å²) in [5.41, 5.74) is 9.73. The largest absolute Gasteiger partial charge is 0.384 e. The lowest BCUT2D eigenvalue weighted by Gasteiger charge is -2.43. The summed E-state index contributed by atoms with van der Waals surface area (Å²) in [6.07, 6.45) is 7.25. The van der Waals surface area contributed by atoms with E-state index in [0.29, 0.717) is 30.0 Å². The van der Waals surface area contributed by atoms with Crippen molar-refractivity contribution < 1.29 is 9.90 Å². The van der Waals surface area contributed by atoms with E-state index in [0.717, 1.165) is 35.2 Å². The van der Waals surface area contributed by atoms with Crippen molar-refractivity contribution in [2.75, 3.05) is 5.73 Å². The van der Waals surface area contributed by atoms with Crippen LogP contribution >= 0.6 is 0 Å². The molecule has 38 heavy (non-hydrogen) atoms. The van der Waals surface area contributed by atoms with Gasteiger partial charge in [0.1, 0.15) is 17.7 Å². The number of amides is 1. The Morgan fingerprint density at radius 1 is 1.05 bits per heavy atom. The maximum Gasteiger partial charge on any atom is 0.292 e. The Bertz CT molecular complexity index is 1620. The van der Waals surface area contributed by atoms with Crippen molar-refractivity contribution in [3.8, 4) is 22.4 Å². The number of carbonyl (C=O) groups excluding carboxylic acids is 1. The third kappa shape index (κ3) is 3.54. The molecule has 2 aliphatic heterocycles. The van der Waals surface area contributed by atoms with Gasteiger partial charge < -0.3 is 20.7 Å². The average molecular weight is 508 g/mol. The second-order valence-electron chi connectivity index (χ2n) is 10.0. The van der Waals surface area contributed by atoms with Crippen LogP contribution in [-0.2, 0) is 5.60 Å². The van der Waals surface area contributed by atoms with Crippen LogP contribution in [-0.4, -0.2) is 62.8 Å². The van der Waals surface area contributed by atoms with Crippen molar-refractivity contribution in [2.45, 2.75) is 43.4 Å². The number of aliphatic hydroxyl groups is 1. The lowest BCUT2D eigenvalue weighted by molar-refractivity contribution is -0.0509. The number of hydrogen-bond donors (Lipinski definition) is 3. The van der Waals surface area contributed by atoms with Gasteiger partial charge in [-0.2, -0.15) is 9.61 Å². The Balaban J connectivity index is 1.22. The fraction of sp³-hybridized carbons (Fsp3) is 0.259. The molecule has 4 aromatic heterocycles. The molecule has 2 saturated heterocycles. The van der Waals surface area contributed by atoms with Crippen LogP contribution in [0.3, 0.4) is 0 Å². The number of pyridine rings is 1. The van der Waals surface area contributed by atoms with Gasteiger partial charge in [-0.05, 0) is 18.9 Å². The summed E-state index contributed by atoms with van der Waals surface area (Å²) >= 11 is 0. The van der Waals surface area contributed by atoms with Gasteiger partial charge >= 0.3 is 0 Å². The lowest BCUT2D eigenvalue weighted by Crippen LogP contribution is -2.52. The molecule has 2 bridgehead atoms. The molecule has 2 aliphatic rings. The van der Waals surface area contributed by atoms with E-state index in [2.05, 4.69) is 25.3 Å². The normalized spacial score (nSPS) is 22.7. The minimum Gasteiger partial charge on any atom is -0.384 e. The first-order valence-corrected chi connectivity index (χ1v) is 12.6. The summed E-state index contributed by atoms with van der Waals surface area (Å²) in [7, 11) is 0. The number of nitrogen functional groups attached to an aromatic ring is 1. The van der Waals surface area contributed by atoms with Crippen LogP contribution in [0.4, 0.5) is 5.82 Å². The Kier molecular flexibility index (Phi) is 5.02. The number of piperidine rings is 1. The molecule has 0 aliphatic carbocycles. The fourth-order valence-electron chi connectivity index (χ4n) is 5.96. The highest BCUT2D eigenvalue weighted by Crippen LogP contribution is 2.46. The summed E-state index contributed by atoms with van der Waals surface area (Å²) in [5, 5.41) is 23.9. The predicted octanol–water partition coefficient (Wildman–Crippen LogP) is 2.81. The van der Waals surface area contributed by atoms with E-state index < -0.39 is 5.60 Å². The van der Waals surface area contributed by atoms with Crippen LogP contribution in [0.1, 0.15) is 42.0 Å². The highest BCUT2D eigenvalue weighted by atomic mass is 16.3. The SMILES string of the molecule is Nc1cc([C@]2(O)C[C@H]3CC[C@@H](C2)N3C(=O)c2nnc[nH]2)nc2c(-c3ccc(-c4ccccc4)nc3)cnn12. The second kappa shape index (κ2) is 8.45. The molecular formula is C27H25N9O2. The summed E-state index contributed by atoms with van der Waals surface area (Å²) in [4.78, 5) is 27.2. The van der Waals surface area contributed by atoms with Gasteiger partial charge in [0.15, 0.2) is 5.65 Å². The summed E-state index contributed by atoms with van der Waals surface area (Å²) in [5.74, 6) is 0.405. The number of nitrogens with two attached hydrogens (primary N) is 1. The monoisotopic (exact) mass is 507 g/mol. The highest BCUT2D eigenvalue weighted by molar-refractivity contribution is 5.91. The Morgan fingerprint density at radius 2 is 1.84 bits per heavy atom. The topological polar surface area (TPSA) is 151 Å². The van der Waals surface area contributed by atoms with Crippen LogP contribution in [0, 0.1) is 0 Å². The molecule has 6 heterocycles. The van der Waals surface area contributed by atoms with Crippen LogP contribution < -0.4 is 5.73 Å². The fourth-order valence-corrected chi connectivity index (χ4v) is 5.96. The number of aromatic amines is 1. The van der Waals surface area contributed by atoms with E-state index in [1.165, 1.54) is 6.33 Å². The smallest absolute Gasteiger partial charge is 0.292 e. The Hall–Kier alpha value is -4.64. The van der Waals surface area contributed by atoms with Gasteiger partial charge in [0.2, 0.25) is 5.82 Å². The molecule has 11 heteroatoms. The molecule has 5 aromatic rings. The lowest BCUT2D eigenvalue weighted by atomic mass is 9.83. The molecule has 0 spiro atoms. The van der Waals surface area contributed by atoms with E-state index >= 15 is 0 Å². The maximum atomic E-state index is 13.0. The third-order valence-electron chi connectivity index (χ3n) is 7.74. The van der Waals surface area contributed by atoms with Crippen LogP contribution in [0.15, 0.2) is 67.3 Å². The number of hydrogen-bond acceptors (Lipinski definition) is 8. The minimum absolute atomic E-state index is 0.130. The van der Waals surface area contributed by atoms with Gasteiger partial charge in [0.25, 0.3) is 5.91 Å². The number of anilines is 1. The summed E-state index contributed by atoms with van der Waals surface area (Å²) in [6.45, 7) is 0. The molecular weight excluding hydrogens is 482 g/mol. The number of rotatable bonds is 4. The van der Waals surface area contributed by atoms with Gasteiger partial charge in [-0.25, -0.2) is 4.98 Å². The standard InChI is InChI=1S/C27H25N9O2/c28-23-10-22(27(38)11-18-7-8-19(12-27)35(18)26(37)24-30-15-31-34-24)33-25-20(14-32-36(23)25)17-6-9-21(29-13-17)16-4-2-1-3-5-16/h1-6,9-10,13-15,18-19,38H,7-8,11-12,28H2,(H,30,31,34)/t18-,19+,27+. The van der Waals surface area contributed by atoms with Crippen molar-refractivity contribution in [1.82, 2.24) is 39.7 Å². The van der Waals surface area contributed by atoms with Gasteiger partial charge in [-0.15, -0.1) is 10.2 Å². The third-order valence-corrected chi connectivity index (χ3v) is 7.74. The van der Waals surface area contributed by atoms with Crippen LogP contribution in [0.5, 0.6) is 0 Å². The highest BCUT2D eigenvalue weighted by Gasteiger charge is 2.51. The molecule has 0 saturated carbocycles. The van der Waals surface area contributed by atoms with Gasteiger partial charge in [0, 0.05) is 53.9 Å². The summed E-state index contributed by atoms with van der Waals surface area (Å²) in [6, 6.07) is 15.4. The van der Waals surface area contributed by atoms with Crippen LogP contribution in [0.2, 0.25) is 0 Å². The predicted molar refractivity (Wildman–Crippen MR) is 139 cm³/mol. The summed E-state index contributed by atoms with van der Waals surface area (Å²) < 4.78 is 1.57. The molecule has 11 nitrogen and oxygen atoms in total. The van der Waals surface area contributed by atoms with Gasteiger partial charge in [-0.1, -0.05) is 36.4 Å². The zero-order valence-electron chi connectivity index (χ0n) is 20.4. The molecule has 4 N–H and O–H groups in total. The Morgan fingerprint density at radius 3 is 2.53 bits per heavy atom. The molecule has 190 valence electrons. The van der Waals surface area contributed by atoms with Crippen molar-refractivity contribution >= 4 is 17.4 Å². The first-order valence-electron chi connectivity index (χ1n) is 12.6. The van der Waals surface area contributed by atoms with Crippen LogP contribution in [0.25, 0.3) is 28.0 Å². The molecule has 7 rings (SSSR count). The number of benzene rings is 1. The zero-order valence-corrected chi connectivity index (χ0v) is 20.4. The minimum atomic E-state index is -1.23. The molecule has 1 aromatic carbocycles. The molecule has 0 unspecified atom stereocenters. The van der Waals surface area contributed by atoms with E-state index in [9.17, 15) is 9.90 Å². The maximum absolute atomic E-state index is 13.0. The second-order valence-corrected chi connectivity index (χ2v) is 10.0. The Labute approximate surface area is 217 Å². The number of nitrogens with one attached hydrogen (secondary N) is 1. The van der Waals surface area contributed by atoms with E-state index in [4.69, 9.17) is 10.7 Å². The van der Waals surface area contributed by atoms with Crippen molar-refractivity contribution in [3.05, 3.63) is 78.8 Å². The quantitative estimate of drug-likeness (QED) is 0.336. The van der Waals surface area contributed by atoms with Crippen molar-refractivity contribution in [1.29, 1.82) is 0 Å². The molecule has 1 amide bonds. The van der Waals surface area contributed by atoms with E-state index in [1.807, 2.05) is 47.4 Å². The number of aromatic nitrogens is 7. The first kappa shape index (κ1) is 22.5. The zero-order chi connectivity index (χ0) is 25.9. The molecule has 0 radical (unpaired) electrons. The van der Waals surface area contributed by atoms with Gasteiger partial charge in [-0.3, -0.25) is 9.78 Å². The van der Waals surface area contributed by atoms with E-state index in [-0.39, 0.29) is 23.8 Å². The molecule has 2 fully saturated rings. The van der Waals surface area contributed by atoms with E-state index in [1.54, 1.807) is 23.0 Å². The number of carbonyl (C=O) groups is 1. The average Bonchev–Trinajstić information content (AvgIpc) is 3.68.